The minimum atomic E-state index is -2.12. The Morgan fingerprint density at radius 1 is 1.41 bits per heavy atom. The Kier molecular flexibility index (Phi) is 8.03. The van der Waals surface area contributed by atoms with E-state index >= 15 is 0 Å². The van der Waals surface area contributed by atoms with Crippen molar-refractivity contribution in [3.8, 4) is 0 Å². The molecule has 160 valence electrons. The number of hydrogen-bond donors (Lipinski definition) is 0. The van der Waals surface area contributed by atoms with Crippen LogP contribution >= 0.6 is 56.8 Å². The molecule has 2 amide bonds. The molecule has 1 aromatic rings. The lowest BCUT2D eigenvalue weighted by Gasteiger charge is -2.51. The normalized spacial score (nSPS) is 21.2. The minimum absolute atomic E-state index is 0.226. The van der Waals surface area contributed by atoms with E-state index in [4.69, 9.17) is 50.2 Å². The standard InChI is InChI=1S/C16H16Cl4N2O5S2/c1-8(2)11(15(25)27-7-16(17,18)19)22-13(24)12(14(22)29(20)26)21(9(3)23)10-5-4-6-28-10/h4-6,11-12,14H,1,7H2,2-3H3. The molecule has 1 saturated heterocycles. The Labute approximate surface area is 193 Å². The maximum Gasteiger partial charge on any atom is 0.333 e. The summed E-state index contributed by atoms with van der Waals surface area (Å²) >= 11 is 18.0. The molecule has 0 N–H and O–H groups in total. The molecule has 2 heterocycles. The fourth-order valence-corrected chi connectivity index (χ4v) is 5.22. The van der Waals surface area contributed by atoms with Gasteiger partial charge in [-0.15, -0.1) is 11.3 Å². The molecule has 4 unspecified atom stereocenters. The monoisotopic (exact) mass is 520 g/mol. The van der Waals surface area contributed by atoms with Crippen LogP contribution in [0.25, 0.3) is 0 Å². The van der Waals surface area contributed by atoms with Gasteiger partial charge in [0.1, 0.15) is 22.7 Å². The topological polar surface area (TPSA) is 84.0 Å². The second-order valence-corrected chi connectivity index (χ2v) is 11.5. The Bertz CT molecular complexity index is 843. The minimum Gasteiger partial charge on any atom is -0.459 e. The lowest BCUT2D eigenvalue weighted by Crippen LogP contribution is -2.75. The number of amides is 2. The molecule has 0 bridgehead atoms. The summed E-state index contributed by atoms with van der Waals surface area (Å²) in [5.41, 5.74) is 0.226. The highest BCUT2D eigenvalue weighted by Gasteiger charge is 2.59. The number of ether oxygens (including phenoxy) is 1. The molecule has 13 heteroatoms. The number of rotatable bonds is 7. The van der Waals surface area contributed by atoms with Crippen LogP contribution in [0, 0.1) is 0 Å². The first-order valence-corrected chi connectivity index (χ1v) is 12.0. The molecule has 0 aromatic carbocycles. The molecular formula is C16H16Cl4N2O5S2. The molecule has 29 heavy (non-hydrogen) atoms. The van der Waals surface area contributed by atoms with E-state index in [2.05, 4.69) is 6.58 Å². The number of β-lactam (4-membered cyclic amide) rings is 1. The summed E-state index contributed by atoms with van der Waals surface area (Å²) in [6, 6.07) is 0.888. The summed E-state index contributed by atoms with van der Waals surface area (Å²) in [6.45, 7) is 5.89. The molecule has 1 fully saturated rings. The fraction of sp³-hybridized carbons (Fsp3) is 0.438. The quantitative estimate of drug-likeness (QED) is 0.180. The summed E-state index contributed by atoms with van der Waals surface area (Å²) < 4.78 is 15.4. The Morgan fingerprint density at radius 2 is 2.03 bits per heavy atom. The zero-order valence-electron chi connectivity index (χ0n) is 15.1. The van der Waals surface area contributed by atoms with E-state index in [1.165, 1.54) is 30.1 Å². The van der Waals surface area contributed by atoms with Crippen LogP contribution in [0.1, 0.15) is 13.8 Å². The van der Waals surface area contributed by atoms with E-state index in [0.717, 1.165) is 4.90 Å². The number of anilines is 1. The lowest BCUT2D eigenvalue weighted by atomic mass is 9.98. The van der Waals surface area contributed by atoms with Gasteiger partial charge in [-0.05, 0) is 40.7 Å². The Balaban J connectivity index is 2.36. The average Bonchev–Trinajstić information content (AvgIpc) is 3.10. The van der Waals surface area contributed by atoms with Crippen molar-refractivity contribution in [2.45, 2.75) is 35.1 Å². The van der Waals surface area contributed by atoms with Crippen molar-refractivity contribution in [2.24, 2.45) is 0 Å². The second-order valence-electron chi connectivity index (χ2n) is 6.14. The van der Waals surface area contributed by atoms with Crippen LogP contribution < -0.4 is 4.90 Å². The molecule has 1 aliphatic rings. The van der Waals surface area contributed by atoms with Crippen LogP contribution in [-0.4, -0.2) is 54.7 Å². The zero-order chi connectivity index (χ0) is 22.1. The molecule has 0 radical (unpaired) electrons. The van der Waals surface area contributed by atoms with Crippen LogP contribution in [0.5, 0.6) is 0 Å². The number of esters is 1. The van der Waals surface area contributed by atoms with Gasteiger partial charge in [-0.3, -0.25) is 14.5 Å². The molecule has 2 rings (SSSR count). The number of hydrogen-bond acceptors (Lipinski definition) is 6. The lowest BCUT2D eigenvalue weighted by molar-refractivity contribution is -0.161. The number of thiophene rings is 1. The Morgan fingerprint density at radius 3 is 2.45 bits per heavy atom. The van der Waals surface area contributed by atoms with Gasteiger partial charge in [0, 0.05) is 6.92 Å². The number of likely N-dealkylation sites (tertiary alicyclic amines) is 1. The number of carbonyl (C=O) groups excluding carboxylic acids is 3. The SMILES string of the molecule is C=C(C)C(C(=O)OCC(Cl)(Cl)Cl)N1C(=O)C(N(C(C)=O)c2cccs2)C1S(=O)Cl. The van der Waals surface area contributed by atoms with Gasteiger partial charge < -0.3 is 9.64 Å². The molecule has 7 nitrogen and oxygen atoms in total. The second kappa shape index (κ2) is 9.53. The maximum absolute atomic E-state index is 13.0. The van der Waals surface area contributed by atoms with Gasteiger partial charge in [-0.25, -0.2) is 9.00 Å². The van der Waals surface area contributed by atoms with E-state index in [9.17, 15) is 18.6 Å². The highest BCUT2D eigenvalue weighted by atomic mass is 35.7. The molecule has 0 aliphatic carbocycles. The molecular weight excluding hydrogens is 506 g/mol. The zero-order valence-corrected chi connectivity index (χ0v) is 19.8. The highest BCUT2D eigenvalue weighted by molar-refractivity contribution is 8.08. The van der Waals surface area contributed by atoms with E-state index in [1.807, 2.05) is 0 Å². The maximum atomic E-state index is 13.0. The van der Waals surface area contributed by atoms with Crippen molar-refractivity contribution in [2.75, 3.05) is 11.5 Å². The van der Waals surface area contributed by atoms with Crippen LogP contribution in [0.2, 0.25) is 0 Å². The van der Waals surface area contributed by atoms with Crippen molar-refractivity contribution in [1.29, 1.82) is 0 Å². The summed E-state index contributed by atoms with van der Waals surface area (Å²) in [5, 5.41) is 1.04. The molecule has 0 saturated carbocycles. The predicted molar refractivity (Wildman–Crippen MR) is 116 cm³/mol. The van der Waals surface area contributed by atoms with Gasteiger partial charge in [0.25, 0.3) is 5.91 Å². The fourth-order valence-electron chi connectivity index (χ4n) is 2.85. The van der Waals surface area contributed by atoms with E-state index in [-0.39, 0.29) is 5.57 Å². The number of halogens is 4. The van der Waals surface area contributed by atoms with Crippen molar-refractivity contribution in [1.82, 2.24) is 4.90 Å². The van der Waals surface area contributed by atoms with E-state index in [1.54, 1.807) is 17.5 Å². The highest BCUT2D eigenvalue weighted by Crippen LogP contribution is 2.37. The first-order valence-electron chi connectivity index (χ1n) is 7.98. The van der Waals surface area contributed by atoms with E-state index in [0.29, 0.717) is 5.00 Å². The average molecular weight is 522 g/mol. The number of alkyl halides is 3. The predicted octanol–water partition coefficient (Wildman–Crippen LogP) is 3.40. The first-order chi connectivity index (χ1) is 13.4. The van der Waals surface area contributed by atoms with Gasteiger partial charge >= 0.3 is 5.97 Å². The van der Waals surface area contributed by atoms with Crippen LogP contribution in [0.3, 0.4) is 0 Å². The summed E-state index contributed by atoms with van der Waals surface area (Å²) in [7, 11) is 3.73. The van der Waals surface area contributed by atoms with Gasteiger partial charge in [0.15, 0.2) is 11.4 Å². The third kappa shape index (κ3) is 5.45. The van der Waals surface area contributed by atoms with Crippen LogP contribution in [-0.2, 0) is 29.1 Å². The summed E-state index contributed by atoms with van der Waals surface area (Å²) in [6.07, 6.45) is 0. The van der Waals surface area contributed by atoms with Crippen LogP contribution in [0.15, 0.2) is 29.7 Å². The third-order valence-electron chi connectivity index (χ3n) is 3.95. The number of carbonyl (C=O) groups is 3. The van der Waals surface area contributed by atoms with Gasteiger partial charge in [-0.1, -0.05) is 41.4 Å². The van der Waals surface area contributed by atoms with Crippen molar-refractivity contribution < 1.29 is 23.3 Å². The molecule has 1 aliphatic heterocycles. The van der Waals surface area contributed by atoms with Crippen LogP contribution in [0.4, 0.5) is 5.00 Å². The largest absolute Gasteiger partial charge is 0.459 e. The third-order valence-corrected chi connectivity index (χ3v) is 6.56. The van der Waals surface area contributed by atoms with Crippen molar-refractivity contribution >= 4 is 89.6 Å². The van der Waals surface area contributed by atoms with Crippen molar-refractivity contribution in [3.63, 3.8) is 0 Å². The van der Waals surface area contributed by atoms with E-state index < -0.39 is 55.7 Å². The molecule has 1 aromatic heterocycles. The van der Waals surface area contributed by atoms with Gasteiger partial charge in [0.2, 0.25) is 9.70 Å². The van der Waals surface area contributed by atoms with Gasteiger partial charge in [-0.2, -0.15) is 0 Å². The van der Waals surface area contributed by atoms with Gasteiger partial charge in [0.05, 0.1) is 5.00 Å². The first kappa shape index (κ1) is 24.4. The molecule has 4 atom stereocenters. The Hall–Kier alpha value is -0.840. The summed E-state index contributed by atoms with van der Waals surface area (Å²) in [5.74, 6) is -2.00. The number of nitrogens with zero attached hydrogens (tertiary/aromatic N) is 2. The molecule has 0 spiro atoms. The smallest absolute Gasteiger partial charge is 0.333 e. The van der Waals surface area contributed by atoms with Crippen molar-refractivity contribution in [3.05, 3.63) is 29.7 Å². The summed E-state index contributed by atoms with van der Waals surface area (Å²) in [4.78, 5) is 39.9.